The lowest BCUT2D eigenvalue weighted by molar-refractivity contribution is 0.0958. The lowest BCUT2D eigenvalue weighted by atomic mass is 10.1. The van der Waals surface area contributed by atoms with Crippen LogP contribution in [0.25, 0.3) is 10.9 Å². The van der Waals surface area contributed by atoms with Crippen molar-refractivity contribution in [3.8, 4) is 0 Å². The van der Waals surface area contributed by atoms with E-state index in [9.17, 15) is 4.79 Å². The summed E-state index contributed by atoms with van der Waals surface area (Å²) in [5.74, 6) is 0.0194. The van der Waals surface area contributed by atoms with Crippen LogP contribution in [-0.4, -0.2) is 17.4 Å². The number of rotatable bonds is 5. The van der Waals surface area contributed by atoms with E-state index in [0.29, 0.717) is 6.54 Å². The van der Waals surface area contributed by atoms with Gasteiger partial charge in [0.05, 0.1) is 10.4 Å². The Morgan fingerprint density at radius 1 is 1.22 bits per heavy atom. The molecule has 0 saturated heterocycles. The van der Waals surface area contributed by atoms with Crippen LogP contribution in [-0.2, 0) is 12.8 Å². The van der Waals surface area contributed by atoms with E-state index in [-0.39, 0.29) is 5.91 Å². The van der Waals surface area contributed by atoms with Crippen LogP contribution in [0.4, 0.5) is 0 Å². The Morgan fingerprint density at radius 2 is 2.04 bits per heavy atom. The number of amides is 1. The SMILES string of the molecule is CCc1cc(C(=O)NCCc2cccc3cccnc23)sc1C. The monoisotopic (exact) mass is 324 g/mol. The van der Waals surface area contributed by atoms with Crippen LogP contribution in [0.5, 0.6) is 0 Å². The summed E-state index contributed by atoms with van der Waals surface area (Å²) in [6.07, 6.45) is 3.56. The van der Waals surface area contributed by atoms with Gasteiger partial charge in [0, 0.05) is 23.0 Å². The van der Waals surface area contributed by atoms with Gasteiger partial charge in [-0.3, -0.25) is 9.78 Å². The van der Waals surface area contributed by atoms with Gasteiger partial charge in [0.25, 0.3) is 5.91 Å². The molecule has 3 nitrogen and oxygen atoms in total. The zero-order valence-corrected chi connectivity index (χ0v) is 14.2. The first kappa shape index (κ1) is 15.7. The van der Waals surface area contributed by atoms with Gasteiger partial charge in [-0.25, -0.2) is 0 Å². The zero-order valence-electron chi connectivity index (χ0n) is 13.4. The van der Waals surface area contributed by atoms with Gasteiger partial charge in [-0.2, -0.15) is 0 Å². The molecule has 1 amide bonds. The summed E-state index contributed by atoms with van der Waals surface area (Å²) in [6.45, 7) is 4.80. The van der Waals surface area contributed by atoms with Crippen LogP contribution in [0.2, 0.25) is 0 Å². The van der Waals surface area contributed by atoms with Crippen molar-refractivity contribution in [2.24, 2.45) is 0 Å². The molecule has 3 aromatic rings. The third kappa shape index (κ3) is 3.42. The van der Waals surface area contributed by atoms with E-state index in [0.717, 1.165) is 28.6 Å². The van der Waals surface area contributed by atoms with Gasteiger partial charge in [-0.1, -0.05) is 31.2 Å². The maximum absolute atomic E-state index is 12.3. The van der Waals surface area contributed by atoms with Gasteiger partial charge in [-0.05, 0) is 43.0 Å². The third-order valence-electron chi connectivity index (χ3n) is 4.02. The Bertz CT molecular complexity index is 833. The molecule has 3 rings (SSSR count). The minimum absolute atomic E-state index is 0.0194. The van der Waals surface area contributed by atoms with Gasteiger partial charge in [-0.15, -0.1) is 11.3 Å². The van der Waals surface area contributed by atoms with Crippen molar-refractivity contribution in [3.05, 3.63) is 63.5 Å². The Kier molecular flexibility index (Phi) is 4.72. The van der Waals surface area contributed by atoms with E-state index in [4.69, 9.17) is 0 Å². The van der Waals surface area contributed by atoms with Crippen molar-refractivity contribution in [2.45, 2.75) is 26.7 Å². The lowest BCUT2D eigenvalue weighted by Crippen LogP contribution is -2.24. The number of pyridine rings is 1. The molecule has 0 saturated carbocycles. The number of para-hydroxylation sites is 1. The fraction of sp³-hybridized carbons (Fsp3) is 0.263. The number of nitrogens with zero attached hydrogens (tertiary/aromatic N) is 1. The van der Waals surface area contributed by atoms with Crippen molar-refractivity contribution in [1.29, 1.82) is 0 Å². The Hall–Kier alpha value is -2.20. The summed E-state index contributed by atoms with van der Waals surface area (Å²) < 4.78 is 0. The van der Waals surface area contributed by atoms with Gasteiger partial charge < -0.3 is 5.32 Å². The highest BCUT2D eigenvalue weighted by Gasteiger charge is 2.11. The fourth-order valence-corrected chi connectivity index (χ4v) is 3.78. The zero-order chi connectivity index (χ0) is 16.2. The average Bonchev–Trinajstić information content (AvgIpc) is 2.96. The van der Waals surface area contributed by atoms with Gasteiger partial charge in [0.2, 0.25) is 0 Å². The number of carbonyl (C=O) groups excluding carboxylic acids is 1. The number of thiophene rings is 1. The first-order valence-corrected chi connectivity index (χ1v) is 8.71. The van der Waals surface area contributed by atoms with Gasteiger partial charge in [0.1, 0.15) is 0 Å². The molecule has 4 heteroatoms. The smallest absolute Gasteiger partial charge is 0.261 e. The molecule has 0 bridgehead atoms. The molecule has 0 atom stereocenters. The number of hydrogen-bond acceptors (Lipinski definition) is 3. The molecule has 0 aliphatic carbocycles. The Balaban J connectivity index is 1.65. The maximum Gasteiger partial charge on any atom is 0.261 e. The van der Waals surface area contributed by atoms with Crippen molar-refractivity contribution in [3.63, 3.8) is 0 Å². The summed E-state index contributed by atoms with van der Waals surface area (Å²) in [7, 11) is 0. The largest absolute Gasteiger partial charge is 0.351 e. The van der Waals surface area contributed by atoms with Gasteiger partial charge in [0.15, 0.2) is 0 Å². The molecule has 0 aliphatic heterocycles. The molecule has 2 heterocycles. The highest BCUT2D eigenvalue weighted by molar-refractivity contribution is 7.14. The number of hydrogen-bond donors (Lipinski definition) is 1. The first-order valence-electron chi connectivity index (χ1n) is 7.89. The molecule has 23 heavy (non-hydrogen) atoms. The minimum atomic E-state index is 0.0194. The van der Waals surface area contributed by atoms with Crippen molar-refractivity contribution < 1.29 is 4.79 Å². The molecular weight excluding hydrogens is 304 g/mol. The van der Waals surface area contributed by atoms with Crippen LogP contribution in [0.1, 0.15) is 32.6 Å². The van der Waals surface area contributed by atoms with Crippen LogP contribution < -0.4 is 5.32 Å². The number of benzene rings is 1. The van der Waals surface area contributed by atoms with E-state index < -0.39 is 0 Å². The lowest BCUT2D eigenvalue weighted by Gasteiger charge is -2.06. The number of fused-ring (bicyclic) bond motifs is 1. The number of aromatic nitrogens is 1. The minimum Gasteiger partial charge on any atom is -0.351 e. The Morgan fingerprint density at radius 3 is 2.83 bits per heavy atom. The van der Waals surface area contributed by atoms with Crippen LogP contribution >= 0.6 is 11.3 Å². The second-order valence-corrected chi connectivity index (χ2v) is 6.80. The highest BCUT2D eigenvalue weighted by atomic mass is 32.1. The van der Waals surface area contributed by atoms with E-state index >= 15 is 0 Å². The average molecular weight is 324 g/mol. The molecule has 0 unspecified atom stereocenters. The molecule has 2 aromatic heterocycles. The molecular formula is C19H20N2OS. The van der Waals surface area contributed by atoms with Crippen LogP contribution in [0.15, 0.2) is 42.6 Å². The molecule has 0 radical (unpaired) electrons. The predicted molar refractivity (Wildman–Crippen MR) is 96.2 cm³/mol. The summed E-state index contributed by atoms with van der Waals surface area (Å²) in [4.78, 5) is 18.7. The van der Waals surface area contributed by atoms with Crippen molar-refractivity contribution >= 4 is 28.1 Å². The number of aryl methyl sites for hydroxylation is 2. The molecule has 118 valence electrons. The number of nitrogens with one attached hydrogen (secondary N) is 1. The summed E-state index contributed by atoms with van der Waals surface area (Å²) >= 11 is 1.57. The maximum atomic E-state index is 12.3. The number of carbonyl (C=O) groups is 1. The highest BCUT2D eigenvalue weighted by Crippen LogP contribution is 2.22. The van der Waals surface area contributed by atoms with E-state index in [1.54, 1.807) is 11.3 Å². The van der Waals surface area contributed by atoms with E-state index in [1.165, 1.54) is 16.0 Å². The van der Waals surface area contributed by atoms with E-state index in [1.807, 2.05) is 24.4 Å². The van der Waals surface area contributed by atoms with Crippen LogP contribution in [0, 0.1) is 6.92 Å². The predicted octanol–water partition coefficient (Wildman–Crippen LogP) is 4.14. The standard InChI is InChI=1S/C19H20N2OS/c1-3-14-12-17(23-13(14)2)19(22)21-11-9-16-7-4-6-15-8-5-10-20-18(15)16/h4-8,10,12H,3,9,11H2,1-2H3,(H,21,22). The topological polar surface area (TPSA) is 42.0 Å². The van der Waals surface area contributed by atoms with Crippen molar-refractivity contribution in [1.82, 2.24) is 10.3 Å². The second-order valence-electron chi connectivity index (χ2n) is 5.54. The van der Waals surface area contributed by atoms with E-state index in [2.05, 4.69) is 42.3 Å². The molecule has 1 aromatic carbocycles. The summed E-state index contributed by atoms with van der Waals surface area (Å²) in [6, 6.07) is 12.2. The molecule has 1 N–H and O–H groups in total. The normalized spacial score (nSPS) is 10.9. The van der Waals surface area contributed by atoms with Crippen molar-refractivity contribution in [2.75, 3.05) is 6.54 Å². The molecule has 0 fully saturated rings. The first-order chi connectivity index (χ1) is 11.2. The third-order valence-corrected chi connectivity index (χ3v) is 5.11. The summed E-state index contributed by atoms with van der Waals surface area (Å²) in [5, 5.41) is 4.16. The second kappa shape index (κ2) is 6.92. The Labute approximate surface area is 140 Å². The molecule has 0 aliphatic rings. The molecule has 0 spiro atoms. The summed E-state index contributed by atoms with van der Waals surface area (Å²) in [5.41, 5.74) is 3.45. The fourth-order valence-electron chi connectivity index (χ4n) is 2.75. The quantitative estimate of drug-likeness (QED) is 0.766. The van der Waals surface area contributed by atoms with Gasteiger partial charge >= 0.3 is 0 Å². The van der Waals surface area contributed by atoms with Crippen LogP contribution in [0.3, 0.4) is 0 Å².